The first-order valence-corrected chi connectivity index (χ1v) is 12.5. The van der Waals surface area contributed by atoms with Crippen LogP contribution >= 0.6 is 0 Å². The molecule has 34 heavy (non-hydrogen) atoms. The van der Waals surface area contributed by atoms with E-state index in [-0.39, 0.29) is 23.0 Å². The second-order valence-corrected chi connectivity index (χ2v) is 10.7. The Hall–Kier alpha value is -2.08. The zero-order chi connectivity index (χ0) is 24.3. The Labute approximate surface area is 198 Å². The molecule has 0 aromatic heterocycles. The lowest BCUT2D eigenvalue weighted by molar-refractivity contribution is -0.137. The largest absolute Gasteiger partial charge is 0.487 e. The third kappa shape index (κ3) is 4.02. The van der Waals surface area contributed by atoms with E-state index >= 15 is 4.39 Å². The Morgan fingerprint density at radius 2 is 1.65 bits per heavy atom. The Morgan fingerprint density at radius 1 is 1.00 bits per heavy atom. The maximum Gasteiger partial charge on any atom is 0.416 e. The first-order chi connectivity index (χ1) is 16.1. The normalized spacial score (nSPS) is 23.0. The number of rotatable bonds is 4. The molecule has 0 radical (unpaired) electrons. The molecule has 1 aliphatic heterocycles. The van der Waals surface area contributed by atoms with Crippen LogP contribution in [0.2, 0.25) is 0 Å². The number of fused-ring (bicyclic) bond motifs is 1. The van der Waals surface area contributed by atoms with Gasteiger partial charge in [-0.15, -0.1) is 0 Å². The molecule has 6 heteroatoms. The summed E-state index contributed by atoms with van der Waals surface area (Å²) in [6.07, 6.45) is 0.573. The van der Waals surface area contributed by atoms with Crippen molar-refractivity contribution in [1.29, 1.82) is 0 Å². The monoisotopic (exact) mass is 476 g/mol. The summed E-state index contributed by atoms with van der Waals surface area (Å²) in [5.41, 5.74) is 1.98. The van der Waals surface area contributed by atoms with E-state index in [9.17, 15) is 18.3 Å². The predicted octanol–water partition coefficient (Wildman–Crippen LogP) is 8.28. The minimum Gasteiger partial charge on any atom is -0.487 e. The van der Waals surface area contributed by atoms with Gasteiger partial charge in [-0.05, 0) is 84.4 Å². The molecule has 3 aliphatic rings. The van der Waals surface area contributed by atoms with Crippen molar-refractivity contribution in [3.63, 3.8) is 0 Å². The summed E-state index contributed by atoms with van der Waals surface area (Å²) < 4.78 is 62.1. The van der Waals surface area contributed by atoms with Crippen LogP contribution < -0.4 is 4.74 Å². The van der Waals surface area contributed by atoms with Crippen LogP contribution in [0.15, 0.2) is 30.3 Å². The van der Waals surface area contributed by atoms with Crippen molar-refractivity contribution in [2.24, 2.45) is 0 Å². The molecule has 2 aromatic rings. The molecule has 1 N–H and O–H groups in total. The van der Waals surface area contributed by atoms with Crippen LogP contribution in [-0.2, 0) is 6.18 Å². The van der Waals surface area contributed by atoms with Crippen LogP contribution in [0.1, 0.15) is 123 Å². The molecule has 0 saturated heterocycles. The van der Waals surface area contributed by atoms with Crippen molar-refractivity contribution >= 4 is 0 Å². The highest BCUT2D eigenvalue weighted by molar-refractivity contribution is 5.57. The van der Waals surface area contributed by atoms with Crippen LogP contribution in [0.25, 0.3) is 0 Å². The summed E-state index contributed by atoms with van der Waals surface area (Å²) in [7, 11) is 0. The van der Waals surface area contributed by atoms with Gasteiger partial charge in [0.05, 0.1) is 11.7 Å². The molecular formula is C28H32F4O2. The maximum absolute atomic E-state index is 16.4. The number of aliphatic hydroxyl groups is 1. The van der Waals surface area contributed by atoms with Gasteiger partial charge in [-0.1, -0.05) is 38.8 Å². The second-order valence-electron chi connectivity index (χ2n) is 10.7. The van der Waals surface area contributed by atoms with Gasteiger partial charge >= 0.3 is 6.18 Å². The number of benzene rings is 2. The molecule has 0 amide bonds. The van der Waals surface area contributed by atoms with E-state index in [1.54, 1.807) is 0 Å². The van der Waals surface area contributed by atoms with Crippen LogP contribution in [0.5, 0.6) is 5.75 Å². The number of ether oxygens (including phenoxy) is 1. The number of hydrogen-bond donors (Lipinski definition) is 1. The summed E-state index contributed by atoms with van der Waals surface area (Å²) >= 11 is 0. The van der Waals surface area contributed by atoms with Crippen LogP contribution in [0, 0.1) is 0 Å². The SMILES string of the molecule is CC(C)c1cc2c(c(C3CCCC3)c1[C@@H](F)c1ccc(C(F)(F)F)cc1)[C@@H](O)CC1(CCC1)O2. The van der Waals surface area contributed by atoms with E-state index in [2.05, 4.69) is 0 Å². The maximum atomic E-state index is 16.4. The Balaban J connectivity index is 1.67. The molecule has 184 valence electrons. The molecule has 2 nitrogen and oxygen atoms in total. The molecule has 0 unspecified atom stereocenters. The predicted molar refractivity (Wildman–Crippen MR) is 123 cm³/mol. The highest BCUT2D eigenvalue weighted by Gasteiger charge is 2.47. The first-order valence-electron chi connectivity index (χ1n) is 12.5. The molecule has 2 aromatic carbocycles. The second kappa shape index (κ2) is 8.54. The summed E-state index contributed by atoms with van der Waals surface area (Å²) in [5, 5.41) is 11.3. The summed E-state index contributed by atoms with van der Waals surface area (Å²) in [5.74, 6) is 0.782. The van der Waals surface area contributed by atoms with Crippen molar-refractivity contribution in [1.82, 2.24) is 0 Å². The lowest BCUT2D eigenvalue weighted by Gasteiger charge is -2.48. The highest BCUT2D eigenvalue weighted by Crippen LogP contribution is 2.55. The summed E-state index contributed by atoms with van der Waals surface area (Å²) in [4.78, 5) is 0. The Kier molecular flexibility index (Phi) is 5.94. The first kappa shape index (κ1) is 23.7. The third-order valence-corrected chi connectivity index (χ3v) is 8.10. The van der Waals surface area contributed by atoms with Gasteiger partial charge < -0.3 is 9.84 Å². The van der Waals surface area contributed by atoms with E-state index in [4.69, 9.17) is 4.74 Å². The third-order valence-electron chi connectivity index (χ3n) is 8.10. The zero-order valence-corrected chi connectivity index (χ0v) is 19.7. The average Bonchev–Trinajstić information content (AvgIpc) is 3.30. The lowest BCUT2D eigenvalue weighted by atomic mass is 9.71. The van der Waals surface area contributed by atoms with Crippen molar-refractivity contribution in [3.05, 3.63) is 63.7 Å². The van der Waals surface area contributed by atoms with Crippen LogP contribution in [0.3, 0.4) is 0 Å². The van der Waals surface area contributed by atoms with Crippen LogP contribution in [-0.4, -0.2) is 10.7 Å². The van der Waals surface area contributed by atoms with Crippen LogP contribution in [0.4, 0.5) is 17.6 Å². The van der Waals surface area contributed by atoms with E-state index in [1.165, 1.54) is 12.1 Å². The molecule has 1 heterocycles. The number of halogens is 4. The number of alkyl halides is 4. The van der Waals surface area contributed by atoms with E-state index in [0.29, 0.717) is 23.3 Å². The van der Waals surface area contributed by atoms with E-state index < -0.39 is 24.0 Å². The van der Waals surface area contributed by atoms with Crippen molar-refractivity contribution < 1.29 is 27.4 Å². The van der Waals surface area contributed by atoms with Gasteiger partial charge in [0.25, 0.3) is 0 Å². The Bertz CT molecular complexity index is 1050. The minimum atomic E-state index is -4.47. The minimum absolute atomic E-state index is 0.00633. The topological polar surface area (TPSA) is 29.5 Å². The fourth-order valence-corrected chi connectivity index (χ4v) is 6.19. The van der Waals surface area contributed by atoms with Gasteiger partial charge in [-0.25, -0.2) is 4.39 Å². The quantitative estimate of drug-likeness (QED) is 0.450. The zero-order valence-electron chi connectivity index (χ0n) is 19.7. The number of hydrogen-bond acceptors (Lipinski definition) is 2. The average molecular weight is 477 g/mol. The molecular weight excluding hydrogens is 444 g/mol. The number of aliphatic hydroxyl groups excluding tert-OH is 1. The van der Waals surface area contributed by atoms with Gasteiger partial charge in [-0.3, -0.25) is 0 Å². The Morgan fingerprint density at radius 3 is 2.18 bits per heavy atom. The van der Waals surface area contributed by atoms with Crippen molar-refractivity contribution in [2.75, 3.05) is 0 Å². The van der Waals surface area contributed by atoms with Gasteiger partial charge in [0, 0.05) is 12.0 Å². The van der Waals surface area contributed by atoms with Gasteiger partial charge in [-0.2, -0.15) is 13.2 Å². The van der Waals surface area contributed by atoms with Gasteiger partial charge in [0.2, 0.25) is 0 Å². The van der Waals surface area contributed by atoms with Gasteiger partial charge in [0.15, 0.2) is 6.17 Å². The molecule has 2 atom stereocenters. The fourth-order valence-electron chi connectivity index (χ4n) is 6.19. The molecule has 2 saturated carbocycles. The summed E-state index contributed by atoms with van der Waals surface area (Å²) in [6.45, 7) is 4.00. The molecule has 0 bridgehead atoms. The van der Waals surface area contributed by atoms with Gasteiger partial charge in [0.1, 0.15) is 11.4 Å². The van der Waals surface area contributed by atoms with Crippen molar-refractivity contribution in [3.8, 4) is 5.75 Å². The van der Waals surface area contributed by atoms with Crippen molar-refractivity contribution in [2.45, 2.75) is 101 Å². The lowest BCUT2D eigenvalue weighted by Crippen LogP contribution is -2.47. The smallest absolute Gasteiger partial charge is 0.416 e. The fraction of sp³-hybridized carbons (Fsp3) is 0.571. The molecule has 2 fully saturated rings. The molecule has 1 spiro atoms. The molecule has 5 rings (SSSR count). The van der Waals surface area contributed by atoms with E-state index in [1.807, 2.05) is 19.9 Å². The summed E-state index contributed by atoms with van der Waals surface area (Å²) in [6, 6.07) is 6.27. The molecule has 2 aliphatic carbocycles. The standard InChI is InChI=1S/C28H32F4O2/c1-16(2)20-14-22-25(21(33)15-27(34-22)12-5-13-27)23(17-6-3-4-7-17)24(20)26(29)18-8-10-19(11-9-18)28(30,31)32/h8-11,14,16-17,21,26,33H,3-7,12-13,15H2,1-2H3/t21-,26-/m0/s1. The highest BCUT2D eigenvalue weighted by atomic mass is 19.4. The van der Waals surface area contributed by atoms with E-state index in [0.717, 1.165) is 68.2 Å².